The normalized spacial score (nSPS) is 17.6. The molecule has 0 saturated carbocycles. The number of nitrogens with one attached hydrogen (secondary N) is 2. The van der Waals surface area contributed by atoms with Gasteiger partial charge in [-0.3, -0.25) is 0 Å². The summed E-state index contributed by atoms with van der Waals surface area (Å²) in [7, 11) is 0. The van der Waals surface area contributed by atoms with Crippen LogP contribution in [0.4, 0.5) is 24.9 Å². The monoisotopic (exact) mass is 440 g/mol. The van der Waals surface area contributed by atoms with Crippen LogP contribution in [0, 0.1) is 5.92 Å². The highest BCUT2D eigenvalue weighted by molar-refractivity contribution is 5.66. The Morgan fingerprint density at radius 1 is 1.26 bits per heavy atom. The maximum Gasteiger partial charge on any atom is 0.573 e. The van der Waals surface area contributed by atoms with E-state index in [1.165, 1.54) is 18.2 Å². The maximum absolute atomic E-state index is 12.6. The van der Waals surface area contributed by atoms with Crippen LogP contribution in [0.5, 0.6) is 5.75 Å². The average Bonchev–Trinajstić information content (AvgIpc) is 3.23. The van der Waals surface area contributed by atoms with Crippen molar-refractivity contribution in [1.82, 2.24) is 9.97 Å². The number of rotatable bonds is 9. The van der Waals surface area contributed by atoms with Crippen LogP contribution in [0.3, 0.4) is 0 Å². The van der Waals surface area contributed by atoms with Gasteiger partial charge in [0.05, 0.1) is 24.4 Å². The second-order valence-corrected chi connectivity index (χ2v) is 7.73. The van der Waals surface area contributed by atoms with Crippen LogP contribution in [0.25, 0.3) is 11.3 Å². The van der Waals surface area contributed by atoms with Crippen LogP contribution in [-0.2, 0) is 4.74 Å². The van der Waals surface area contributed by atoms with Gasteiger partial charge in [0.25, 0.3) is 0 Å². The first-order chi connectivity index (χ1) is 14.7. The van der Waals surface area contributed by atoms with E-state index in [4.69, 9.17) is 4.74 Å². The molecule has 1 fully saturated rings. The molecule has 1 aromatic heterocycles. The number of hydrogen-bond donors (Lipinski definition) is 3. The number of halogens is 3. The van der Waals surface area contributed by atoms with Crippen molar-refractivity contribution < 1.29 is 27.8 Å². The zero-order valence-electron chi connectivity index (χ0n) is 17.4. The van der Waals surface area contributed by atoms with Crippen LogP contribution >= 0.6 is 0 Å². The summed E-state index contributed by atoms with van der Waals surface area (Å²) in [5.41, 5.74) is 0.859. The Bertz CT molecular complexity index is 858. The van der Waals surface area contributed by atoms with Gasteiger partial charge in [0.15, 0.2) is 0 Å². The molecule has 1 aliphatic heterocycles. The van der Waals surface area contributed by atoms with Gasteiger partial charge in [0, 0.05) is 24.8 Å². The van der Waals surface area contributed by atoms with Gasteiger partial charge in [-0.1, -0.05) is 26.0 Å². The number of nitrogens with zero attached hydrogens (tertiary/aromatic N) is 2. The molecule has 170 valence electrons. The topological polar surface area (TPSA) is 88.5 Å². The van der Waals surface area contributed by atoms with Gasteiger partial charge in [0.2, 0.25) is 5.95 Å². The van der Waals surface area contributed by atoms with E-state index in [1.54, 1.807) is 12.1 Å². The molecule has 0 aliphatic carbocycles. The summed E-state index contributed by atoms with van der Waals surface area (Å²) in [6.45, 7) is 5.07. The van der Waals surface area contributed by atoms with E-state index in [2.05, 4.69) is 25.3 Å². The molecule has 10 heteroatoms. The predicted molar refractivity (Wildman–Crippen MR) is 111 cm³/mol. The van der Waals surface area contributed by atoms with E-state index in [0.717, 1.165) is 19.4 Å². The third kappa shape index (κ3) is 6.96. The number of aromatic nitrogens is 2. The van der Waals surface area contributed by atoms with E-state index in [1.807, 2.05) is 13.8 Å². The minimum absolute atomic E-state index is 0.0826. The highest BCUT2D eigenvalue weighted by Crippen LogP contribution is 2.29. The van der Waals surface area contributed by atoms with Crippen LogP contribution < -0.4 is 15.4 Å². The van der Waals surface area contributed by atoms with E-state index in [-0.39, 0.29) is 36.4 Å². The minimum Gasteiger partial charge on any atom is -0.406 e. The lowest BCUT2D eigenvalue weighted by molar-refractivity contribution is -0.274. The molecular weight excluding hydrogens is 413 g/mol. The van der Waals surface area contributed by atoms with Crippen molar-refractivity contribution >= 4 is 11.8 Å². The quantitative estimate of drug-likeness (QED) is 0.542. The SMILES string of the molecule is CC(C)[C@@H](CO)Nc1nc(NC[C@H]2CCCO2)cc(-c2cccc(OC(F)(F)F)c2)n1. The Morgan fingerprint density at radius 2 is 2.06 bits per heavy atom. The van der Waals surface area contributed by atoms with Crippen molar-refractivity contribution in [2.45, 2.75) is 45.2 Å². The maximum atomic E-state index is 12.6. The average molecular weight is 440 g/mol. The van der Waals surface area contributed by atoms with Gasteiger partial charge >= 0.3 is 6.36 Å². The van der Waals surface area contributed by atoms with Crippen LogP contribution in [0.2, 0.25) is 0 Å². The molecule has 2 heterocycles. The van der Waals surface area contributed by atoms with Gasteiger partial charge in [-0.25, -0.2) is 4.98 Å². The highest BCUT2D eigenvalue weighted by atomic mass is 19.4. The molecule has 2 aromatic rings. The van der Waals surface area contributed by atoms with Gasteiger partial charge < -0.3 is 25.2 Å². The summed E-state index contributed by atoms with van der Waals surface area (Å²) >= 11 is 0. The van der Waals surface area contributed by atoms with Gasteiger partial charge in [0.1, 0.15) is 11.6 Å². The standard InChI is InChI=1S/C21H27F3N4O3/c1-13(2)18(12-29)27-20-26-17(10-19(28-20)25-11-16-7-4-8-30-16)14-5-3-6-15(9-14)31-21(22,23)24/h3,5-6,9-10,13,16,18,29H,4,7-8,11-12H2,1-2H3,(H2,25,26,27,28)/t16-,18-/m1/s1. The third-order valence-electron chi connectivity index (χ3n) is 4.94. The molecular formula is C21H27F3N4O3. The summed E-state index contributed by atoms with van der Waals surface area (Å²) in [6, 6.07) is 7.00. The minimum atomic E-state index is -4.78. The Balaban J connectivity index is 1.89. The summed E-state index contributed by atoms with van der Waals surface area (Å²) < 4.78 is 47.5. The van der Waals surface area contributed by atoms with Crippen molar-refractivity contribution in [2.24, 2.45) is 5.92 Å². The van der Waals surface area contributed by atoms with Crippen molar-refractivity contribution in [3.63, 3.8) is 0 Å². The number of ether oxygens (including phenoxy) is 2. The van der Waals surface area contributed by atoms with Crippen molar-refractivity contribution in [2.75, 3.05) is 30.4 Å². The molecule has 3 rings (SSSR count). The molecule has 0 unspecified atom stereocenters. The number of anilines is 2. The smallest absolute Gasteiger partial charge is 0.406 e. The molecule has 1 aliphatic rings. The third-order valence-corrected chi connectivity index (χ3v) is 4.94. The first-order valence-electron chi connectivity index (χ1n) is 10.2. The molecule has 7 nitrogen and oxygen atoms in total. The molecule has 0 spiro atoms. The molecule has 3 N–H and O–H groups in total. The number of aliphatic hydroxyl groups excluding tert-OH is 1. The Morgan fingerprint density at radius 3 is 2.71 bits per heavy atom. The molecule has 31 heavy (non-hydrogen) atoms. The zero-order chi connectivity index (χ0) is 22.4. The second kappa shape index (κ2) is 10.1. The van der Waals surface area contributed by atoms with Gasteiger partial charge in [-0.15, -0.1) is 13.2 Å². The molecule has 1 saturated heterocycles. The number of benzene rings is 1. The lowest BCUT2D eigenvalue weighted by Crippen LogP contribution is -2.30. The molecule has 1 aromatic carbocycles. The molecule has 0 radical (unpaired) electrons. The van der Waals surface area contributed by atoms with Crippen molar-refractivity contribution in [3.8, 4) is 17.0 Å². The summed E-state index contributed by atoms with van der Waals surface area (Å²) in [6.07, 6.45) is -2.74. The van der Waals surface area contributed by atoms with Gasteiger partial charge in [-0.05, 0) is 30.9 Å². The van der Waals surface area contributed by atoms with E-state index >= 15 is 0 Å². The Kier molecular flexibility index (Phi) is 7.55. The van der Waals surface area contributed by atoms with Crippen LogP contribution in [0.1, 0.15) is 26.7 Å². The van der Waals surface area contributed by atoms with E-state index < -0.39 is 6.36 Å². The molecule has 0 bridgehead atoms. The van der Waals surface area contributed by atoms with Crippen LogP contribution in [0.15, 0.2) is 30.3 Å². The van der Waals surface area contributed by atoms with Crippen LogP contribution in [-0.4, -0.2) is 53.3 Å². The van der Waals surface area contributed by atoms with E-state index in [9.17, 15) is 18.3 Å². The predicted octanol–water partition coefficient (Wildman–Crippen LogP) is 4.06. The summed E-state index contributed by atoms with van der Waals surface area (Å²) in [5, 5.41) is 16.0. The zero-order valence-corrected chi connectivity index (χ0v) is 17.4. The van der Waals surface area contributed by atoms with Crippen molar-refractivity contribution in [1.29, 1.82) is 0 Å². The van der Waals surface area contributed by atoms with Crippen molar-refractivity contribution in [3.05, 3.63) is 30.3 Å². The Labute approximate surface area is 179 Å². The lowest BCUT2D eigenvalue weighted by Gasteiger charge is -2.21. The lowest BCUT2D eigenvalue weighted by atomic mass is 10.1. The fourth-order valence-electron chi connectivity index (χ4n) is 3.22. The molecule has 0 amide bonds. The molecule has 2 atom stereocenters. The fourth-order valence-corrected chi connectivity index (χ4v) is 3.22. The number of hydrogen-bond acceptors (Lipinski definition) is 7. The highest BCUT2D eigenvalue weighted by Gasteiger charge is 2.31. The summed E-state index contributed by atoms with van der Waals surface area (Å²) in [4.78, 5) is 8.91. The Hall–Kier alpha value is -2.59. The second-order valence-electron chi connectivity index (χ2n) is 7.73. The first kappa shape index (κ1) is 23.1. The number of aliphatic hydroxyl groups is 1. The van der Waals surface area contributed by atoms with E-state index in [0.29, 0.717) is 23.6 Å². The summed E-state index contributed by atoms with van der Waals surface area (Å²) in [5.74, 6) is 0.555. The number of alkyl halides is 3. The largest absolute Gasteiger partial charge is 0.573 e. The van der Waals surface area contributed by atoms with Gasteiger partial charge in [-0.2, -0.15) is 4.98 Å². The first-order valence-corrected chi connectivity index (χ1v) is 10.2. The fraction of sp³-hybridized carbons (Fsp3) is 0.524.